The first kappa shape index (κ1) is 14.8. The first-order chi connectivity index (χ1) is 8.70. The molecule has 0 atom stereocenters. The maximum Gasteiger partial charge on any atom is 0.342 e. The third-order valence-corrected chi connectivity index (χ3v) is 2.78. The van der Waals surface area contributed by atoms with Gasteiger partial charge >= 0.3 is 11.7 Å². The summed E-state index contributed by atoms with van der Waals surface area (Å²) in [7, 11) is -3.66. The van der Waals surface area contributed by atoms with Crippen LogP contribution in [0.2, 0.25) is 0 Å². The summed E-state index contributed by atoms with van der Waals surface area (Å²) < 4.78 is 21.3. The van der Waals surface area contributed by atoms with Crippen LogP contribution in [0, 0.1) is 10.1 Å². The van der Waals surface area contributed by atoms with E-state index in [-0.39, 0.29) is 18.1 Å². The van der Waals surface area contributed by atoms with E-state index in [2.05, 4.69) is 10.3 Å². The summed E-state index contributed by atoms with van der Waals surface area (Å²) >= 11 is 0. The summed E-state index contributed by atoms with van der Waals surface area (Å²) in [5.41, 5.74) is -1.19. The summed E-state index contributed by atoms with van der Waals surface area (Å²) in [5, 5.41) is 26.7. The fourth-order valence-corrected chi connectivity index (χ4v) is 1.57. The minimum absolute atomic E-state index is 0.00616. The number of sulfonamides is 1. The Morgan fingerprint density at radius 1 is 1.58 bits per heavy atom. The van der Waals surface area contributed by atoms with E-state index in [1.165, 1.54) is 0 Å². The Morgan fingerprint density at radius 3 is 2.68 bits per heavy atom. The lowest BCUT2D eigenvalue weighted by molar-refractivity contribution is -0.385. The van der Waals surface area contributed by atoms with Crippen molar-refractivity contribution in [3.8, 4) is 0 Å². The van der Waals surface area contributed by atoms with E-state index in [1.807, 2.05) is 0 Å². The fraction of sp³-hybridized carbons (Fsp3) is 0.250. The normalized spacial score (nSPS) is 11.0. The number of nitrogens with one attached hydrogen (secondary N) is 1. The molecule has 104 valence electrons. The Morgan fingerprint density at radius 2 is 2.21 bits per heavy atom. The van der Waals surface area contributed by atoms with Gasteiger partial charge in [0.25, 0.3) is 0 Å². The van der Waals surface area contributed by atoms with Gasteiger partial charge < -0.3 is 10.4 Å². The topological polar surface area (TPSA) is 166 Å². The van der Waals surface area contributed by atoms with E-state index < -0.39 is 32.2 Å². The highest BCUT2D eigenvalue weighted by atomic mass is 32.2. The standard InChI is InChI=1S/C8H10N4O6S/c9-19(17,18)2-1-10-7-3-5(8(13)14)6(4-11-7)12(15)16/h3-4H,1-2H2,(H,10,11)(H,13,14)(H2,9,17,18). The van der Waals surface area contributed by atoms with Gasteiger partial charge in [-0.05, 0) is 0 Å². The van der Waals surface area contributed by atoms with Crippen molar-refractivity contribution in [2.45, 2.75) is 0 Å². The van der Waals surface area contributed by atoms with E-state index in [9.17, 15) is 23.3 Å². The summed E-state index contributed by atoms with van der Waals surface area (Å²) in [6.07, 6.45) is 0.780. The van der Waals surface area contributed by atoms with Crippen LogP contribution in [0.1, 0.15) is 10.4 Å². The van der Waals surface area contributed by atoms with E-state index in [0.29, 0.717) is 0 Å². The Bertz CT molecular complexity index is 614. The zero-order valence-electron chi connectivity index (χ0n) is 9.44. The van der Waals surface area contributed by atoms with Crippen LogP contribution in [-0.2, 0) is 10.0 Å². The maximum absolute atomic E-state index is 10.8. The smallest absolute Gasteiger partial charge is 0.342 e. The van der Waals surface area contributed by atoms with Crippen LogP contribution in [0.15, 0.2) is 12.3 Å². The van der Waals surface area contributed by atoms with Crippen LogP contribution in [0.3, 0.4) is 0 Å². The van der Waals surface area contributed by atoms with Crippen molar-refractivity contribution in [3.63, 3.8) is 0 Å². The number of aromatic carboxylic acids is 1. The molecular weight excluding hydrogens is 280 g/mol. The number of hydrogen-bond donors (Lipinski definition) is 3. The van der Waals surface area contributed by atoms with Crippen molar-refractivity contribution in [3.05, 3.63) is 27.9 Å². The van der Waals surface area contributed by atoms with Crippen molar-refractivity contribution in [2.24, 2.45) is 5.14 Å². The minimum Gasteiger partial charge on any atom is -0.477 e. The van der Waals surface area contributed by atoms with Gasteiger partial charge in [-0.3, -0.25) is 10.1 Å². The highest BCUT2D eigenvalue weighted by Crippen LogP contribution is 2.19. The number of nitrogens with zero attached hydrogens (tertiary/aromatic N) is 2. The van der Waals surface area contributed by atoms with Gasteiger partial charge in [0.05, 0.1) is 10.7 Å². The Balaban J connectivity index is 2.90. The molecule has 1 heterocycles. The Kier molecular flexibility index (Phi) is 4.34. The van der Waals surface area contributed by atoms with Crippen LogP contribution in [0.25, 0.3) is 0 Å². The van der Waals surface area contributed by atoms with Gasteiger partial charge in [0.2, 0.25) is 10.0 Å². The number of nitrogens with two attached hydrogens (primary N) is 1. The van der Waals surface area contributed by atoms with Crippen molar-refractivity contribution in [1.82, 2.24) is 4.98 Å². The number of rotatable bonds is 6. The van der Waals surface area contributed by atoms with E-state index in [0.717, 1.165) is 12.3 Å². The molecule has 1 rings (SSSR count). The average molecular weight is 290 g/mol. The number of pyridine rings is 1. The Hall–Kier alpha value is -2.27. The van der Waals surface area contributed by atoms with Crippen molar-refractivity contribution < 1.29 is 23.2 Å². The molecule has 1 aromatic heterocycles. The summed E-state index contributed by atoms with van der Waals surface area (Å²) in [5.74, 6) is -1.86. The van der Waals surface area contributed by atoms with Gasteiger partial charge in [0.1, 0.15) is 17.6 Å². The van der Waals surface area contributed by atoms with E-state index in [1.54, 1.807) is 0 Å². The number of carboxylic acids is 1. The van der Waals surface area contributed by atoms with Gasteiger partial charge in [-0.25, -0.2) is 23.3 Å². The van der Waals surface area contributed by atoms with Gasteiger partial charge in [-0.15, -0.1) is 0 Å². The highest BCUT2D eigenvalue weighted by molar-refractivity contribution is 7.89. The summed E-state index contributed by atoms with van der Waals surface area (Å²) in [6, 6.07) is 0.948. The quantitative estimate of drug-likeness (QED) is 0.460. The number of carbonyl (C=O) groups is 1. The molecule has 0 unspecified atom stereocenters. The predicted molar refractivity (Wildman–Crippen MR) is 64.3 cm³/mol. The number of hydrogen-bond acceptors (Lipinski definition) is 7. The van der Waals surface area contributed by atoms with Crippen LogP contribution >= 0.6 is 0 Å². The third kappa shape index (κ3) is 4.48. The zero-order chi connectivity index (χ0) is 14.6. The molecule has 0 aliphatic carbocycles. The lowest BCUT2D eigenvalue weighted by Gasteiger charge is -2.05. The van der Waals surface area contributed by atoms with E-state index in [4.69, 9.17) is 10.2 Å². The number of anilines is 1. The molecular formula is C8H10N4O6S. The van der Waals surface area contributed by atoms with Crippen molar-refractivity contribution in [1.29, 1.82) is 0 Å². The molecule has 11 heteroatoms. The molecule has 0 amide bonds. The Labute approximate surface area is 107 Å². The number of primary sulfonamides is 1. The molecule has 0 radical (unpaired) electrons. The predicted octanol–water partition coefficient (Wildman–Crippen LogP) is -0.612. The van der Waals surface area contributed by atoms with Crippen LogP contribution in [-0.4, -0.2) is 41.7 Å². The monoisotopic (exact) mass is 290 g/mol. The van der Waals surface area contributed by atoms with Crippen molar-refractivity contribution >= 4 is 27.5 Å². The molecule has 0 aliphatic heterocycles. The van der Waals surface area contributed by atoms with Crippen LogP contribution < -0.4 is 10.5 Å². The largest absolute Gasteiger partial charge is 0.477 e. The molecule has 10 nitrogen and oxygen atoms in total. The molecule has 0 fully saturated rings. The molecule has 0 bridgehead atoms. The summed E-state index contributed by atoms with van der Waals surface area (Å²) in [6.45, 7) is -0.0945. The first-order valence-corrected chi connectivity index (χ1v) is 6.54. The number of carboxylic acid groups (broad SMARTS) is 1. The van der Waals surface area contributed by atoms with E-state index >= 15 is 0 Å². The molecule has 0 saturated heterocycles. The second kappa shape index (κ2) is 5.58. The number of nitro groups is 1. The minimum atomic E-state index is -3.66. The van der Waals surface area contributed by atoms with Gasteiger partial charge in [-0.1, -0.05) is 0 Å². The molecule has 0 spiro atoms. The lowest BCUT2D eigenvalue weighted by Crippen LogP contribution is -2.22. The SMILES string of the molecule is NS(=O)(=O)CCNc1cc(C(=O)O)c([N+](=O)[O-])cn1. The second-order valence-electron chi connectivity index (χ2n) is 3.44. The summed E-state index contributed by atoms with van der Waals surface area (Å²) in [4.78, 5) is 24.1. The molecule has 0 aromatic carbocycles. The molecule has 0 saturated carbocycles. The molecule has 4 N–H and O–H groups in total. The van der Waals surface area contributed by atoms with Crippen LogP contribution in [0.5, 0.6) is 0 Å². The highest BCUT2D eigenvalue weighted by Gasteiger charge is 2.20. The second-order valence-corrected chi connectivity index (χ2v) is 5.18. The maximum atomic E-state index is 10.8. The molecule has 19 heavy (non-hydrogen) atoms. The van der Waals surface area contributed by atoms with Gasteiger partial charge in [0, 0.05) is 12.6 Å². The molecule has 0 aliphatic rings. The number of aromatic nitrogens is 1. The zero-order valence-corrected chi connectivity index (χ0v) is 10.3. The van der Waals surface area contributed by atoms with Gasteiger partial charge in [0.15, 0.2) is 0 Å². The fourth-order valence-electron chi connectivity index (χ4n) is 1.18. The molecule has 1 aromatic rings. The lowest BCUT2D eigenvalue weighted by atomic mass is 10.2. The first-order valence-electron chi connectivity index (χ1n) is 4.83. The average Bonchev–Trinajstić information content (AvgIpc) is 2.26. The van der Waals surface area contributed by atoms with Crippen molar-refractivity contribution in [2.75, 3.05) is 17.6 Å². The van der Waals surface area contributed by atoms with Gasteiger partial charge in [-0.2, -0.15) is 0 Å². The third-order valence-electron chi connectivity index (χ3n) is 2.00. The van der Waals surface area contributed by atoms with Crippen LogP contribution in [0.4, 0.5) is 11.5 Å².